The quantitative estimate of drug-likeness (QED) is 0.0219. The van der Waals surface area contributed by atoms with Crippen LogP contribution in [0.2, 0.25) is 0 Å². The number of primary amides is 1. The normalized spacial score (nSPS) is 17.0. The van der Waals surface area contributed by atoms with E-state index in [1.54, 1.807) is 48.7 Å². The molecule has 3 aromatic rings. The van der Waals surface area contributed by atoms with E-state index in [-0.39, 0.29) is 29.4 Å². The summed E-state index contributed by atoms with van der Waals surface area (Å²) in [5.74, 6) is -10.5. The van der Waals surface area contributed by atoms with Crippen molar-refractivity contribution in [3.8, 4) is 0 Å². The molecule has 1 aromatic heterocycles. The number of carbonyl (C=O) groups excluding carboxylic acids is 6. The summed E-state index contributed by atoms with van der Waals surface area (Å²) < 4.78 is 0. The third-order valence-electron chi connectivity index (χ3n) is 11.9. The molecule has 26 N–H and O–H groups in total. The number of pyridine rings is 1. The first-order chi connectivity index (χ1) is 36.2. The number of carbonyl (C=O) groups is 6. The first-order valence-electron chi connectivity index (χ1n) is 22.9. The number of anilines is 2. The van der Waals surface area contributed by atoms with E-state index in [4.69, 9.17) is 57.3 Å². The van der Waals surface area contributed by atoms with Gasteiger partial charge in [0.2, 0.25) is 36.8 Å². The van der Waals surface area contributed by atoms with Crippen molar-refractivity contribution in [1.29, 1.82) is 0 Å². The van der Waals surface area contributed by atoms with Gasteiger partial charge in [0.05, 0.1) is 16.9 Å². The summed E-state index contributed by atoms with van der Waals surface area (Å²) in [6.45, 7) is -0.0552. The number of hydrogen-bond acceptors (Lipinski definition) is 14. The number of fused-ring (bicyclic) bond motifs is 1. The van der Waals surface area contributed by atoms with Crippen LogP contribution in [0.3, 0.4) is 0 Å². The average molecular weight is 1040 g/mol. The van der Waals surface area contributed by atoms with E-state index < -0.39 is 96.2 Å². The highest BCUT2D eigenvalue weighted by Gasteiger charge is 2.38. The van der Waals surface area contributed by atoms with E-state index in [0.717, 1.165) is 28.7 Å². The molecule has 6 amide bonds. The van der Waals surface area contributed by atoms with Crippen LogP contribution in [0.1, 0.15) is 18.0 Å². The topological polar surface area (TPSA) is 509 Å². The molecule has 7 rings (SSSR count). The van der Waals surface area contributed by atoms with Gasteiger partial charge in [-0.05, 0) is 75.8 Å². The Kier molecular flexibility index (Phi) is 16.1. The van der Waals surface area contributed by atoms with Crippen molar-refractivity contribution in [1.82, 2.24) is 31.6 Å². The van der Waals surface area contributed by atoms with Gasteiger partial charge in [0.15, 0.2) is 23.8 Å². The largest absolute Gasteiger partial charge is 0.396 e. The Bertz CT molecular complexity index is 3210. The monoisotopic (exact) mass is 1040 g/mol. The van der Waals surface area contributed by atoms with Crippen molar-refractivity contribution in [2.75, 3.05) is 17.2 Å². The second-order valence-corrected chi connectivity index (χ2v) is 17.1. The molecular formula is C48H55N21O7. The minimum absolute atomic E-state index is 0.0552. The molecule has 0 saturated heterocycles. The van der Waals surface area contributed by atoms with Crippen LogP contribution in [0.25, 0.3) is 10.9 Å². The second kappa shape index (κ2) is 22.9. The number of guanidine groups is 4. The lowest BCUT2D eigenvalue weighted by molar-refractivity contribution is -0.136. The number of aliphatic hydroxyl groups excluding tert-OH is 1. The number of nitrogens with two attached hydrogens (primary N) is 10. The first-order valence-corrected chi connectivity index (χ1v) is 22.9. The van der Waals surface area contributed by atoms with Crippen LogP contribution < -0.4 is 88.8 Å². The highest BCUT2D eigenvalue weighted by molar-refractivity contribution is 6.01. The number of aliphatic hydroxyl groups is 1. The summed E-state index contributed by atoms with van der Waals surface area (Å²) in [6, 6.07) is 12.9. The number of nitrogens with one attached hydrogen (secondary N) is 5. The van der Waals surface area contributed by atoms with Gasteiger partial charge in [0.1, 0.15) is 6.04 Å². The average Bonchev–Trinajstić information content (AvgIpc) is 3.39. The first kappa shape index (κ1) is 53.3. The van der Waals surface area contributed by atoms with E-state index in [1.165, 1.54) is 28.2 Å². The third kappa shape index (κ3) is 12.2. The Labute approximate surface area is 432 Å². The zero-order valence-corrected chi connectivity index (χ0v) is 40.2. The standard InChI is InChI=1S/C48H55N21O7/c49-32-27-13-6-18-59-28(27)16-17-29(32)69(20-25-19-24-11-4-9-21-14-15-22-10-5-12-26(25)31(22)30(21)24)44(76)43(75)60-33(23-7-2-1-3-8-23)39(71)62-36(66-46(53)54)41(73)64-38(68-48(57)58)42(74)63-37(67-47(55)56)40(72)61-35(34(50)70)65-45(51)52/h1-8,10-19,31,33,35-38,44,76H,9,20,49H2,(H2,50,70)(H,60,75)(H,61,72)(H,62,71)(H,63,74)(H,64,73)(H4,51,52,65)(H4,53,54,66)(H4,55,56,67)(H4,57,58,68). The lowest BCUT2D eigenvalue weighted by atomic mass is 9.67. The van der Waals surface area contributed by atoms with E-state index in [2.05, 4.69) is 76.6 Å². The molecule has 28 nitrogen and oxygen atoms in total. The second-order valence-electron chi connectivity index (χ2n) is 17.1. The number of amides is 6. The van der Waals surface area contributed by atoms with Crippen LogP contribution in [-0.2, 0) is 28.8 Å². The Morgan fingerprint density at radius 1 is 0.658 bits per heavy atom. The third-order valence-corrected chi connectivity index (χ3v) is 11.9. The van der Waals surface area contributed by atoms with Gasteiger partial charge in [0, 0.05) is 24.0 Å². The van der Waals surface area contributed by atoms with Crippen LogP contribution in [0, 0.1) is 5.92 Å². The van der Waals surface area contributed by atoms with Crippen molar-refractivity contribution < 1.29 is 33.9 Å². The molecule has 0 aliphatic heterocycles. The van der Waals surface area contributed by atoms with E-state index in [0.29, 0.717) is 10.9 Å². The molecule has 0 radical (unpaired) electrons. The van der Waals surface area contributed by atoms with Crippen molar-refractivity contribution in [2.24, 2.45) is 77.5 Å². The van der Waals surface area contributed by atoms with Gasteiger partial charge in [-0.3, -0.25) is 33.8 Å². The Hall–Kier alpha value is -10.5. The number of aromatic nitrogens is 1. The van der Waals surface area contributed by atoms with E-state index >= 15 is 0 Å². The van der Waals surface area contributed by atoms with Gasteiger partial charge in [0.25, 0.3) is 29.5 Å². The number of allylic oxidation sites excluding steroid dienone is 12. The molecule has 0 spiro atoms. The van der Waals surface area contributed by atoms with Crippen LogP contribution in [-0.4, -0.2) is 107 Å². The lowest BCUT2D eigenvalue weighted by Gasteiger charge is -2.39. The summed E-state index contributed by atoms with van der Waals surface area (Å²) in [5, 5.41) is 24.1. The molecule has 4 aliphatic rings. The molecular weight excluding hydrogens is 983 g/mol. The van der Waals surface area contributed by atoms with Gasteiger partial charge in [-0.15, -0.1) is 0 Å². The Morgan fingerprint density at radius 2 is 1.24 bits per heavy atom. The molecule has 1 heterocycles. The summed E-state index contributed by atoms with van der Waals surface area (Å²) in [4.78, 5) is 102. The van der Waals surface area contributed by atoms with Gasteiger partial charge < -0.3 is 93.9 Å². The summed E-state index contributed by atoms with van der Waals surface area (Å²) >= 11 is 0. The number of aliphatic imine (C=N–C) groups is 4. The van der Waals surface area contributed by atoms with Crippen LogP contribution >= 0.6 is 0 Å². The SMILES string of the molecule is NC(=O)C(N=C(N)N)NC(=O)C(N=C(N)N)NC(=O)C(N=C(N)N)NC(=O)C(N=C(N)N)NC(=O)C(NC(=O)C(O)N(CC1=C2C=CC=C3C=CC4=C(C(=C1)C=CC4)C32)c1ccc2ncccc2c1N)c1ccccc1. The van der Waals surface area contributed by atoms with E-state index in [1.807, 2.05) is 23.5 Å². The van der Waals surface area contributed by atoms with Crippen LogP contribution in [0.4, 0.5) is 11.4 Å². The van der Waals surface area contributed by atoms with Gasteiger partial charge >= 0.3 is 0 Å². The molecule has 2 aromatic carbocycles. The zero-order valence-electron chi connectivity index (χ0n) is 40.2. The summed E-state index contributed by atoms with van der Waals surface area (Å²) in [5.41, 5.74) is 63.6. The molecule has 0 fully saturated rings. The van der Waals surface area contributed by atoms with Crippen molar-refractivity contribution in [3.05, 3.63) is 148 Å². The van der Waals surface area contributed by atoms with Crippen molar-refractivity contribution >= 4 is 81.6 Å². The lowest BCUT2D eigenvalue weighted by Crippen LogP contribution is -2.58. The van der Waals surface area contributed by atoms with Crippen LogP contribution in [0.15, 0.2) is 163 Å². The van der Waals surface area contributed by atoms with Gasteiger partial charge in [-0.25, -0.2) is 20.0 Å². The predicted molar refractivity (Wildman–Crippen MR) is 283 cm³/mol. The number of benzene rings is 2. The molecule has 7 atom stereocenters. The van der Waals surface area contributed by atoms with Crippen molar-refractivity contribution in [2.45, 2.75) is 43.4 Å². The fourth-order valence-corrected chi connectivity index (χ4v) is 8.64. The molecule has 76 heavy (non-hydrogen) atoms. The smallest absolute Gasteiger partial charge is 0.270 e. The molecule has 7 unspecified atom stereocenters. The highest BCUT2D eigenvalue weighted by Crippen LogP contribution is 2.48. The molecule has 394 valence electrons. The predicted octanol–water partition coefficient (Wildman–Crippen LogP) is -4.68. The number of nitrogen functional groups attached to an aromatic ring is 1. The minimum Gasteiger partial charge on any atom is -0.396 e. The molecule has 28 heteroatoms. The van der Waals surface area contributed by atoms with Gasteiger partial charge in [-0.1, -0.05) is 72.9 Å². The molecule has 0 bridgehead atoms. The van der Waals surface area contributed by atoms with Crippen LogP contribution in [0.5, 0.6) is 0 Å². The fourth-order valence-electron chi connectivity index (χ4n) is 8.64. The number of nitrogens with zero attached hydrogens (tertiary/aromatic N) is 6. The van der Waals surface area contributed by atoms with Crippen molar-refractivity contribution in [3.63, 3.8) is 0 Å². The number of hydrogen-bond donors (Lipinski definition) is 16. The molecule has 0 saturated carbocycles. The summed E-state index contributed by atoms with van der Waals surface area (Å²) in [7, 11) is 0. The Balaban J connectivity index is 1.17. The maximum atomic E-state index is 14.7. The highest BCUT2D eigenvalue weighted by atomic mass is 16.3. The maximum absolute atomic E-state index is 14.7. The van der Waals surface area contributed by atoms with Gasteiger partial charge in [-0.2, -0.15) is 0 Å². The van der Waals surface area contributed by atoms with E-state index in [9.17, 15) is 33.9 Å². The zero-order chi connectivity index (χ0) is 55.0. The number of rotatable bonds is 20. The Morgan fingerprint density at radius 3 is 1.83 bits per heavy atom. The fraction of sp³-hybridized carbons (Fsp3) is 0.188. The molecule has 4 aliphatic carbocycles. The maximum Gasteiger partial charge on any atom is 0.270 e. The minimum atomic E-state index is -2.15. The summed E-state index contributed by atoms with van der Waals surface area (Å²) in [6.07, 6.45) is 8.50.